The van der Waals surface area contributed by atoms with Crippen molar-refractivity contribution in [2.75, 3.05) is 7.11 Å². The number of rotatable bonds is 7. The summed E-state index contributed by atoms with van der Waals surface area (Å²) in [7, 11) is 1.28. The third kappa shape index (κ3) is 6.02. The molecule has 0 radical (unpaired) electrons. The Morgan fingerprint density at radius 1 is 1.08 bits per heavy atom. The van der Waals surface area contributed by atoms with E-state index in [4.69, 9.17) is 4.74 Å². The van der Waals surface area contributed by atoms with Gasteiger partial charge in [0.2, 0.25) is 11.8 Å². The van der Waals surface area contributed by atoms with E-state index in [1.165, 1.54) is 14.0 Å². The zero-order valence-electron chi connectivity index (χ0n) is 14.9. The Hall–Kier alpha value is -2.37. The summed E-state index contributed by atoms with van der Waals surface area (Å²) in [4.78, 5) is 35.7. The lowest BCUT2D eigenvalue weighted by molar-refractivity contribution is -0.145. The first kappa shape index (κ1) is 19.7. The largest absolute Gasteiger partial charge is 0.467 e. The van der Waals surface area contributed by atoms with Gasteiger partial charge in [0.15, 0.2) is 0 Å². The summed E-state index contributed by atoms with van der Waals surface area (Å²) in [6.45, 7) is 6.98. The van der Waals surface area contributed by atoms with Crippen LogP contribution in [-0.2, 0) is 25.5 Å². The van der Waals surface area contributed by atoms with Gasteiger partial charge in [-0.2, -0.15) is 0 Å². The summed E-state index contributed by atoms with van der Waals surface area (Å²) in [5.41, 5.74) is 2.03. The minimum Gasteiger partial charge on any atom is -0.467 e. The molecule has 2 amide bonds. The Morgan fingerprint density at radius 2 is 1.67 bits per heavy atom. The molecule has 2 atom stereocenters. The van der Waals surface area contributed by atoms with Crippen molar-refractivity contribution in [2.45, 2.75) is 46.2 Å². The molecule has 0 spiro atoms. The minimum atomic E-state index is -0.805. The molecular formula is C18H26N2O4. The molecule has 1 aromatic carbocycles. The standard InChI is InChI=1S/C18H26N2O4/c1-11(2)16(19-13(4)21)17(22)20-15(18(23)24-5)10-14-8-6-12(3)7-9-14/h6-9,11,15-16H,10H2,1-5H3,(H,19,21)(H,20,22)/t15-,16-/m1/s1. The number of nitrogens with one attached hydrogen (secondary N) is 2. The Kier molecular flexibility index (Phi) is 7.42. The van der Waals surface area contributed by atoms with Gasteiger partial charge in [-0.05, 0) is 18.4 Å². The zero-order chi connectivity index (χ0) is 18.3. The highest BCUT2D eigenvalue weighted by molar-refractivity contribution is 5.90. The van der Waals surface area contributed by atoms with Crippen LogP contribution in [0.1, 0.15) is 31.9 Å². The number of methoxy groups -OCH3 is 1. The third-order valence-electron chi connectivity index (χ3n) is 3.67. The van der Waals surface area contributed by atoms with Gasteiger partial charge in [-0.3, -0.25) is 9.59 Å². The summed E-state index contributed by atoms with van der Waals surface area (Å²) in [5, 5.41) is 5.30. The van der Waals surface area contributed by atoms with Crippen LogP contribution < -0.4 is 10.6 Å². The summed E-state index contributed by atoms with van der Waals surface area (Å²) >= 11 is 0. The second-order valence-electron chi connectivity index (χ2n) is 6.20. The molecule has 0 aromatic heterocycles. The summed E-state index contributed by atoms with van der Waals surface area (Å²) in [5.74, 6) is -1.32. The van der Waals surface area contributed by atoms with Gasteiger partial charge in [-0.25, -0.2) is 4.79 Å². The number of amides is 2. The Morgan fingerprint density at radius 3 is 2.12 bits per heavy atom. The molecule has 6 heteroatoms. The van der Waals surface area contributed by atoms with Crippen molar-refractivity contribution in [3.05, 3.63) is 35.4 Å². The number of carbonyl (C=O) groups excluding carboxylic acids is 3. The van der Waals surface area contributed by atoms with Crippen LogP contribution in [0, 0.1) is 12.8 Å². The molecule has 0 unspecified atom stereocenters. The second-order valence-corrected chi connectivity index (χ2v) is 6.20. The number of hydrogen-bond donors (Lipinski definition) is 2. The minimum absolute atomic E-state index is 0.105. The Balaban J connectivity index is 2.88. The molecule has 0 aliphatic heterocycles. The van der Waals surface area contributed by atoms with E-state index in [2.05, 4.69) is 10.6 Å². The smallest absolute Gasteiger partial charge is 0.328 e. The SMILES string of the molecule is COC(=O)[C@@H](Cc1ccc(C)cc1)NC(=O)[C@H](NC(C)=O)C(C)C. The van der Waals surface area contributed by atoms with Gasteiger partial charge < -0.3 is 15.4 Å². The lowest BCUT2D eigenvalue weighted by atomic mass is 10.0. The van der Waals surface area contributed by atoms with E-state index in [0.29, 0.717) is 6.42 Å². The van der Waals surface area contributed by atoms with Crippen LogP contribution in [0.3, 0.4) is 0 Å². The monoisotopic (exact) mass is 334 g/mol. The highest BCUT2D eigenvalue weighted by Gasteiger charge is 2.28. The first-order chi connectivity index (χ1) is 11.2. The molecule has 0 heterocycles. The van der Waals surface area contributed by atoms with Gasteiger partial charge >= 0.3 is 5.97 Å². The van der Waals surface area contributed by atoms with Crippen molar-refractivity contribution in [1.82, 2.24) is 10.6 Å². The topological polar surface area (TPSA) is 84.5 Å². The zero-order valence-corrected chi connectivity index (χ0v) is 14.9. The molecule has 0 saturated heterocycles. The molecule has 1 aromatic rings. The maximum Gasteiger partial charge on any atom is 0.328 e. The Bertz CT molecular complexity index is 581. The van der Waals surface area contributed by atoms with Crippen LogP contribution in [0.4, 0.5) is 0 Å². The molecule has 0 saturated carbocycles. The van der Waals surface area contributed by atoms with Crippen molar-refractivity contribution in [3.8, 4) is 0 Å². The van der Waals surface area contributed by atoms with Gasteiger partial charge in [0, 0.05) is 13.3 Å². The van der Waals surface area contributed by atoms with Crippen molar-refractivity contribution >= 4 is 17.8 Å². The molecule has 24 heavy (non-hydrogen) atoms. The van der Waals surface area contributed by atoms with Crippen molar-refractivity contribution in [2.24, 2.45) is 5.92 Å². The van der Waals surface area contributed by atoms with Gasteiger partial charge in [0.25, 0.3) is 0 Å². The molecule has 0 bridgehead atoms. The number of carbonyl (C=O) groups is 3. The van der Waals surface area contributed by atoms with E-state index in [0.717, 1.165) is 11.1 Å². The first-order valence-corrected chi connectivity index (χ1v) is 7.95. The predicted molar refractivity (Wildman–Crippen MR) is 91.3 cm³/mol. The van der Waals surface area contributed by atoms with E-state index in [9.17, 15) is 14.4 Å². The average molecular weight is 334 g/mol. The summed E-state index contributed by atoms with van der Waals surface area (Å²) < 4.78 is 4.79. The van der Waals surface area contributed by atoms with Crippen molar-refractivity contribution in [1.29, 1.82) is 0 Å². The van der Waals surface area contributed by atoms with Gasteiger partial charge in [-0.1, -0.05) is 43.7 Å². The molecule has 6 nitrogen and oxygen atoms in total. The van der Waals surface area contributed by atoms with Crippen LogP contribution >= 0.6 is 0 Å². The normalized spacial score (nSPS) is 13.1. The lowest BCUT2D eigenvalue weighted by Gasteiger charge is -2.24. The maximum atomic E-state index is 12.5. The molecule has 2 N–H and O–H groups in total. The second kappa shape index (κ2) is 9.05. The van der Waals surface area contributed by atoms with E-state index in [-0.39, 0.29) is 11.8 Å². The molecule has 132 valence electrons. The quantitative estimate of drug-likeness (QED) is 0.737. The molecule has 0 fully saturated rings. The van der Waals surface area contributed by atoms with E-state index in [1.807, 2.05) is 45.0 Å². The van der Waals surface area contributed by atoms with Crippen LogP contribution in [0.2, 0.25) is 0 Å². The van der Waals surface area contributed by atoms with E-state index < -0.39 is 24.0 Å². The molecule has 1 rings (SSSR count). The Labute approximate surface area is 143 Å². The molecule has 0 aliphatic rings. The van der Waals surface area contributed by atoms with Crippen LogP contribution in [-0.4, -0.2) is 37.0 Å². The number of hydrogen-bond acceptors (Lipinski definition) is 4. The highest BCUT2D eigenvalue weighted by atomic mass is 16.5. The average Bonchev–Trinajstić information content (AvgIpc) is 2.52. The first-order valence-electron chi connectivity index (χ1n) is 7.95. The van der Waals surface area contributed by atoms with Gasteiger partial charge in [0.05, 0.1) is 7.11 Å². The fourth-order valence-corrected chi connectivity index (χ4v) is 2.31. The van der Waals surface area contributed by atoms with E-state index >= 15 is 0 Å². The molecular weight excluding hydrogens is 308 g/mol. The van der Waals surface area contributed by atoms with Crippen LogP contribution in [0.15, 0.2) is 24.3 Å². The van der Waals surface area contributed by atoms with Crippen LogP contribution in [0.25, 0.3) is 0 Å². The third-order valence-corrected chi connectivity index (χ3v) is 3.67. The number of ether oxygens (including phenoxy) is 1. The highest BCUT2D eigenvalue weighted by Crippen LogP contribution is 2.09. The van der Waals surface area contributed by atoms with Gasteiger partial charge in [0.1, 0.15) is 12.1 Å². The van der Waals surface area contributed by atoms with E-state index in [1.54, 1.807) is 0 Å². The number of aryl methyl sites for hydroxylation is 1. The predicted octanol–water partition coefficient (Wildman–Crippen LogP) is 1.36. The lowest BCUT2D eigenvalue weighted by Crippen LogP contribution is -2.54. The fourth-order valence-electron chi connectivity index (χ4n) is 2.31. The molecule has 0 aliphatic carbocycles. The maximum absolute atomic E-state index is 12.5. The van der Waals surface area contributed by atoms with Crippen LogP contribution in [0.5, 0.6) is 0 Å². The summed E-state index contributed by atoms with van der Waals surface area (Å²) in [6.07, 6.45) is 0.323. The number of benzene rings is 1. The van der Waals surface area contributed by atoms with Crippen molar-refractivity contribution in [3.63, 3.8) is 0 Å². The summed E-state index contributed by atoms with van der Waals surface area (Å²) in [6, 6.07) is 6.20. The van der Waals surface area contributed by atoms with Crippen molar-refractivity contribution < 1.29 is 19.1 Å². The van der Waals surface area contributed by atoms with Gasteiger partial charge in [-0.15, -0.1) is 0 Å². The number of esters is 1. The fraction of sp³-hybridized carbons (Fsp3) is 0.500.